The van der Waals surface area contributed by atoms with Crippen LogP contribution in [0.15, 0.2) is 71.9 Å². The number of anilines is 1. The summed E-state index contributed by atoms with van der Waals surface area (Å²) in [7, 11) is 0. The summed E-state index contributed by atoms with van der Waals surface area (Å²) < 4.78 is 1.33. The predicted octanol–water partition coefficient (Wildman–Crippen LogP) is 3.00. The van der Waals surface area contributed by atoms with Crippen LogP contribution in [0.2, 0.25) is 0 Å². The second-order valence-electron chi connectivity index (χ2n) is 6.59. The highest BCUT2D eigenvalue weighted by molar-refractivity contribution is 5.92. The molecule has 0 aliphatic heterocycles. The first-order valence-electron chi connectivity index (χ1n) is 8.86. The number of aromatic nitrogens is 3. The van der Waals surface area contributed by atoms with Crippen molar-refractivity contribution in [2.24, 2.45) is 0 Å². The lowest BCUT2D eigenvalue weighted by molar-refractivity contribution is -0.119. The zero-order valence-electron chi connectivity index (χ0n) is 15.4. The standard InChI is InChI=1S/C21H22N4O2/c1-16(2)18-12-20(26)24(15-23-18)14-21(27)25(19-10-6-7-11-22-19)13-17-8-4-3-5-9-17/h3-12,15-16H,13-14H2,1-2H3. The van der Waals surface area contributed by atoms with E-state index in [1.807, 2.05) is 50.2 Å². The maximum absolute atomic E-state index is 13.0. The smallest absolute Gasteiger partial charge is 0.254 e. The van der Waals surface area contributed by atoms with Crippen LogP contribution in [0.5, 0.6) is 0 Å². The van der Waals surface area contributed by atoms with Crippen molar-refractivity contribution in [3.05, 3.63) is 88.7 Å². The maximum atomic E-state index is 13.0. The van der Waals surface area contributed by atoms with Gasteiger partial charge in [-0.2, -0.15) is 0 Å². The highest BCUT2D eigenvalue weighted by Crippen LogP contribution is 2.15. The van der Waals surface area contributed by atoms with Crippen LogP contribution in [-0.2, 0) is 17.9 Å². The molecule has 1 amide bonds. The molecule has 3 rings (SSSR count). The lowest BCUT2D eigenvalue weighted by atomic mass is 10.1. The van der Waals surface area contributed by atoms with Crippen LogP contribution in [0.1, 0.15) is 31.0 Å². The Balaban J connectivity index is 1.86. The Labute approximate surface area is 158 Å². The summed E-state index contributed by atoms with van der Waals surface area (Å²) in [5, 5.41) is 0. The molecule has 0 aliphatic rings. The molecule has 0 N–H and O–H groups in total. The topological polar surface area (TPSA) is 68.1 Å². The molecule has 0 aliphatic carbocycles. The monoisotopic (exact) mass is 362 g/mol. The van der Waals surface area contributed by atoms with Crippen molar-refractivity contribution in [1.29, 1.82) is 0 Å². The zero-order valence-corrected chi connectivity index (χ0v) is 15.4. The second kappa shape index (κ2) is 8.40. The minimum atomic E-state index is -0.234. The lowest BCUT2D eigenvalue weighted by Gasteiger charge is -2.22. The van der Waals surface area contributed by atoms with E-state index in [9.17, 15) is 9.59 Å². The quantitative estimate of drug-likeness (QED) is 0.676. The van der Waals surface area contributed by atoms with Crippen molar-refractivity contribution in [1.82, 2.24) is 14.5 Å². The number of amides is 1. The van der Waals surface area contributed by atoms with Gasteiger partial charge in [-0.3, -0.25) is 19.1 Å². The zero-order chi connectivity index (χ0) is 19.2. The van der Waals surface area contributed by atoms with Gasteiger partial charge in [0.05, 0.1) is 18.6 Å². The first-order chi connectivity index (χ1) is 13.0. The van der Waals surface area contributed by atoms with Gasteiger partial charge >= 0.3 is 0 Å². The summed E-state index contributed by atoms with van der Waals surface area (Å²) in [6.07, 6.45) is 3.08. The Morgan fingerprint density at radius 3 is 2.44 bits per heavy atom. The average Bonchev–Trinajstić information content (AvgIpc) is 2.69. The summed E-state index contributed by atoms with van der Waals surface area (Å²) in [6, 6.07) is 16.6. The number of pyridine rings is 1. The Morgan fingerprint density at radius 1 is 1.07 bits per heavy atom. The summed E-state index contributed by atoms with van der Waals surface area (Å²) in [5.74, 6) is 0.482. The van der Waals surface area contributed by atoms with Crippen LogP contribution in [-0.4, -0.2) is 20.4 Å². The molecule has 0 fully saturated rings. The van der Waals surface area contributed by atoms with Gasteiger partial charge in [0.25, 0.3) is 5.56 Å². The molecule has 6 heteroatoms. The van der Waals surface area contributed by atoms with E-state index >= 15 is 0 Å². The normalized spacial score (nSPS) is 10.8. The highest BCUT2D eigenvalue weighted by atomic mass is 16.2. The second-order valence-corrected chi connectivity index (χ2v) is 6.59. The number of hydrogen-bond donors (Lipinski definition) is 0. The number of rotatable bonds is 6. The number of benzene rings is 1. The van der Waals surface area contributed by atoms with E-state index in [4.69, 9.17) is 0 Å². The first kappa shape index (κ1) is 18.5. The maximum Gasteiger partial charge on any atom is 0.254 e. The molecule has 27 heavy (non-hydrogen) atoms. The van der Waals surface area contributed by atoms with Crippen LogP contribution in [0.4, 0.5) is 5.82 Å². The van der Waals surface area contributed by atoms with Gasteiger partial charge in [0, 0.05) is 12.3 Å². The third-order valence-corrected chi connectivity index (χ3v) is 4.21. The summed E-state index contributed by atoms with van der Waals surface area (Å²) >= 11 is 0. The third-order valence-electron chi connectivity index (χ3n) is 4.21. The SMILES string of the molecule is CC(C)c1cc(=O)n(CC(=O)N(Cc2ccccc2)c2ccccn2)cn1. The summed E-state index contributed by atoms with van der Waals surface area (Å²) in [5.41, 5.74) is 1.47. The Hall–Kier alpha value is -3.28. The van der Waals surface area contributed by atoms with Gasteiger partial charge in [-0.05, 0) is 23.6 Å². The van der Waals surface area contributed by atoms with Gasteiger partial charge < -0.3 is 0 Å². The molecule has 6 nitrogen and oxygen atoms in total. The van der Waals surface area contributed by atoms with Gasteiger partial charge in [-0.1, -0.05) is 50.2 Å². The molecule has 3 aromatic rings. The van der Waals surface area contributed by atoms with E-state index < -0.39 is 0 Å². The van der Waals surface area contributed by atoms with E-state index in [0.29, 0.717) is 12.4 Å². The molecule has 0 radical (unpaired) electrons. The molecule has 0 saturated carbocycles. The van der Waals surface area contributed by atoms with Gasteiger partial charge in [0.15, 0.2) is 0 Å². The van der Waals surface area contributed by atoms with Crippen LogP contribution in [0, 0.1) is 0 Å². The Morgan fingerprint density at radius 2 is 1.81 bits per heavy atom. The van der Waals surface area contributed by atoms with E-state index in [0.717, 1.165) is 11.3 Å². The van der Waals surface area contributed by atoms with Crippen molar-refractivity contribution in [2.75, 3.05) is 4.90 Å². The van der Waals surface area contributed by atoms with Crippen LogP contribution in [0.3, 0.4) is 0 Å². The van der Waals surface area contributed by atoms with Crippen LogP contribution in [0.25, 0.3) is 0 Å². The van der Waals surface area contributed by atoms with E-state index in [1.165, 1.54) is 17.0 Å². The Bertz CT molecular complexity index is 953. The highest BCUT2D eigenvalue weighted by Gasteiger charge is 2.18. The fourth-order valence-electron chi connectivity index (χ4n) is 2.68. The lowest BCUT2D eigenvalue weighted by Crippen LogP contribution is -2.36. The molecule has 0 spiro atoms. The number of carbonyl (C=O) groups excluding carboxylic acids is 1. The fraction of sp³-hybridized carbons (Fsp3) is 0.238. The van der Waals surface area contributed by atoms with Crippen LogP contribution >= 0.6 is 0 Å². The number of hydrogen-bond acceptors (Lipinski definition) is 4. The largest absolute Gasteiger partial charge is 0.291 e. The Kier molecular flexibility index (Phi) is 5.76. The van der Waals surface area contributed by atoms with Gasteiger partial charge in [-0.15, -0.1) is 0 Å². The molecule has 1 aromatic carbocycles. The minimum absolute atomic E-state index is 0.0897. The molecule has 0 unspecified atom stereocenters. The summed E-state index contributed by atoms with van der Waals surface area (Å²) in [4.78, 5) is 35.5. The number of nitrogens with zero attached hydrogens (tertiary/aromatic N) is 4. The first-order valence-corrected chi connectivity index (χ1v) is 8.86. The molecular formula is C21H22N4O2. The molecular weight excluding hydrogens is 340 g/mol. The molecule has 0 atom stereocenters. The molecule has 0 saturated heterocycles. The molecule has 2 aromatic heterocycles. The van der Waals surface area contributed by atoms with E-state index in [-0.39, 0.29) is 23.9 Å². The van der Waals surface area contributed by atoms with E-state index in [1.54, 1.807) is 23.2 Å². The van der Waals surface area contributed by atoms with Gasteiger partial charge in [0.2, 0.25) is 5.91 Å². The van der Waals surface area contributed by atoms with Crippen molar-refractivity contribution in [3.63, 3.8) is 0 Å². The number of carbonyl (C=O) groups is 1. The minimum Gasteiger partial charge on any atom is -0.291 e. The van der Waals surface area contributed by atoms with Crippen molar-refractivity contribution >= 4 is 11.7 Å². The van der Waals surface area contributed by atoms with Crippen LogP contribution < -0.4 is 10.5 Å². The summed E-state index contributed by atoms with van der Waals surface area (Å²) in [6.45, 7) is 4.23. The fourth-order valence-corrected chi connectivity index (χ4v) is 2.68. The molecule has 138 valence electrons. The third kappa shape index (κ3) is 4.67. The van der Waals surface area contributed by atoms with Gasteiger partial charge in [0.1, 0.15) is 12.4 Å². The van der Waals surface area contributed by atoms with Gasteiger partial charge in [-0.25, -0.2) is 9.97 Å². The predicted molar refractivity (Wildman–Crippen MR) is 104 cm³/mol. The van der Waals surface area contributed by atoms with E-state index in [2.05, 4.69) is 9.97 Å². The molecule has 2 heterocycles. The molecule has 0 bridgehead atoms. The van der Waals surface area contributed by atoms with Crippen molar-refractivity contribution in [3.8, 4) is 0 Å². The average molecular weight is 362 g/mol. The van der Waals surface area contributed by atoms with Crippen molar-refractivity contribution < 1.29 is 4.79 Å². The van der Waals surface area contributed by atoms with Crippen molar-refractivity contribution in [2.45, 2.75) is 32.9 Å².